The number of anilines is 2. The van der Waals surface area contributed by atoms with E-state index in [0.29, 0.717) is 52.2 Å². The first-order valence-electron chi connectivity index (χ1n) is 15.8. The van der Waals surface area contributed by atoms with Crippen LogP contribution >= 0.6 is 0 Å². The number of hydrogen-bond acceptors (Lipinski definition) is 9. The number of benzene rings is 3. The van der Waals surface area contributed by atoms with E-state index in [2.05, 4.69) is 20.3 Å². The topological polar surface area (TPSA) is 153 Å². The third-order valence-corrected chi connectivity index (χ3v) is 9.52. The van der Waals surface area contributed by atoms with Crippen molar-refractivity contribution in [3.63, 3.8) is 0 Å². The molecule has 0 saturated heterocycles. The van der Waals surface area contributed by atoms with E-state index in [1.807, 2.05) is 55.4 Å². The van der Waals surface area contributed by atoms with Crippen LogP contribution in [0.15, 0.2) is 127 Å². The number of rotatable bonds is 12. The lowest BCUT2D eigenvalue weighted by molar-refractivity contribution is -0.111. The van der Waals surface area contributed by atoms with Crippen molar-refractivity contribution in [3.8, 4) is 11.3 Å². The molecule has 0 spiro atoms. The van der Waals surface area contributed by atoms with Gasteiger partial charge in [0.25, 0.3) is 10.0 Å². The molecule has 3 aromatic carbocycles. The Balaban J connectivity index is 1.14. The SMILES string of the molecule is CN(C)C/C=C/C(=O)Nc1ccc(C(=O)Cc2cccc(Cc3cc(-c4cnc5c(ccn5S(=O)(=O)c5ccccc5)c4)nc(N)n3)c2)cc1. The molecule has 0 aliphatic carbocycles. The van der Waals surface area contributed by atoms with Crippen LogP contribution in [0.25, 0.3) is 22.3 Å². The van der Waals surface area contributed by atoms with Gasteiger partial charge >= 0.3 is 0 Å². The van der Waals surface area contributed by atoms with Crippen molar-refractivity contribution in [2.24, 2.45) is 0 Å². The summed E-state index contributed by atoms with van der Waals surface area (Å²) in [6.07, 6.45) is 6.97. The molecule has 6 rings (SSSR count). The zero-order valence-corrected chi connectivity index (χ0v) is 28.3. The summed E-state index contributed by atoms with van der Waals surface area (Å²) in [6, 6.07) is 28.1. The second-order valence-electron chi connectivity index (χ2n) is 12.0. The monoisotopic (exact) mass is 685 g/mol. The fourth-order valence-corrected chi connectivity index (χ4v) is 6.77. The van der Waals surface area contributed by atoms with E-state index in [-0.39, 0.29) is 29.0 Å². The number of hydrogen-bond donors (Lipinski definition) is 2. The van der Waals surface area contributed by atoms with Crippen LogP contribution in [0.1, 0.15) is 27.2 Å². The van der Waals surface area contributed by atoms with E-state index < -0.39 is 10.0 Å². The molecular formula is C38H35N7O4S. The minimum atomic E-state index is -3.81. The molecule has 3 N–H and O–H groups in total. The molecule has 1 amide bonds. The highest BCUT2D eigenvalue weighted by Crippen LogP contribution is 2.26. The average molecular weight is 686 g/mol. The van der Waals surface area contributed by atoms with Gasteiger partial charge in [-0.15, -0.1) is 0 Å². The first-order chi connectivity index (χ1) is 24.0. The molecule has 0 fully saturated rings. The molecule has 0 aliphatic rings. The smallest absolute Gasteiger partial charge is 0.269 e. The number of pyridine rings is 1. The summed E-state index contributed by atoms with van der Waals surface area (Å²) < 4.78 is 27.6. The predicted molar refractivity (Wildman–Crippen MR) is 194 cm³/mol. The Hall–Kier alpha value is -5.98. The Kier molecular flexibility index (Phi) is 9.93. The highest BCUT2D eigenvalue weighted by Gasteiger charge is 2.20. The lowest BCUT2D eigenvalue weighted by Gasteiger charge is -2.09. The Labute approximate surface area is 290 Å². The van der Waals surface area contributed by atoms with E-state index in [0.717, 1.165) is 11.1 Å². The zero-order valence-electron chi connectivity index (χ0n) is 27.5. The predicted octanol–water partition coefficient (Wildman–Crippen LogP) is 5.39. The van der Waals surface area contributed by atoms with Gasteiger partial charge < -0.3 is 16.0 Å². The van der Waals surface area contributed by atoms with Crippen LogP contribution in [-0.4, -0.2) is 64.6 Å². The lowest BCUT2D eigenvalue weighted by atomic mass is 9.99. The molecule has 3 heterocycles. The number of Topliss-reactive ketones (excluding diaryl/α,β-unsaturated/α-hetero) is 1. The van der Waals surface area contributed by atoms with Gasteiger partial charge in [0, 0.05) is 60.1 Å². The number of nitrogens with one attached hydrogen (secondary N) is 1. The van der Waals surface area contributed by atoms with Gasteiger partial charge in [-0.3, -0.25) is 9.59 Å². The van der Waals surface area contributed by atoms with Crippen LogP contribution in [0.3, 0.4) is 0 Å². The maximum atomic E-state index is 13.2. The third kappa shape index (κ3) is 8.00. The van der Waals surface area contributed by atoms with Crippen LogP contribution in [0.4, 0.5) is 11.6 Å². The summed E-state index contributed by atoms with van der Waals surface area (Å²) in [7, 11) is 0.0300. The second-order valence-corrected chi connectivity index (χ2v) is 13.8. The summed E-state index contributed by atoms with van der Waals surface area (Å²) in [5.41, 5.74) is 11.3. The van der Waals surface area contributed by atoms with Crippen LogP contribution in [0.2, 0.25) is 0 Å². The number of nitrogen functional groups attached to an aromatic ring is 1. The molecule has 0 atom stereocenters. The van der Waals surface area contributed by atoms with Crippen LogP contribution in [0.5, 0.6) is 0 Å². The number of carbonyl (C=O) groups is 2. The maximum absolute atomic E-state index is 13.2. The Morgan fingerprint density at radius 1 is 0.900 bits per heavy atom. The molecule has 0 saturated carbocycles. The van der Waals surface area contributed by atoms with Gasteiger partial charge in [0.1, 0.15) is 0 Å². The fourth-order valence-electron chi connectivity index (χ4n) is 5.44. The number of nitrogens with zero attached hydrogens (tertiary/aromatic N) is 5. The summed E-state index contributed by atoms with van der Waals surface area (Å²) in [6.45, 7) is 0.660. The lowest BCUT2D eigenvalue weighted by Crippen LogP contribution is -2.13. The largest absolute Gasteiger partial charge is 0.368 e. The summed E-state index contributed by atoms with van der Waals surface area (Å²) in [5, 5.41) is 3.43. The number of carbonyl (C=O) groups excluding carboxylic acids is 2. The number of nitrogens with two attached hydrogens (primary N) is 1. The van der Waals surface area contributed by atoms with Crippen molar-refractivity contribution in [3.05, 3.63) is 144 Å². The van der Waals surface area contributed by atoms with Crippen molar-refractivity contribution in [1.82, 2.24) is 23.8 Å². The van der Waals surface area contributed by atoms with Crippen LogP contribution in [0, 0.1) is 0 Å². The number of amides is 1. The van der Waals surface area contributed by atoms with Crippen LogP contribution < -0.4 is 11.1 Å². The standard InChI is InChI=1S/C38H35N7O4S/c1-44(2)18-7-12-36(47)41-31-15-13-28(14-16-31)35(46)22-27-9-6-8-26(20-27)21-32-24-34(43-38(39)42-32)30-23-29-17-19-45(37(29)40-25-30)50(48,49)33-10-4-3-5-11-33/h3-17,19-20,23-25H,18,21-22H2,1-2H3,(H,41,47)(H2,39,42,43)/b12-7+. The minimum Gasteiger partial charge on any atom is -0.368 e. The molecule has 12 heteroatoms. The minimum absolute atomic E-state index is 0.0484. The Morgan fingerprint density at radius 2 is 1.66 bits per heavy atom. The summed E-state index contributed by atoms with van der Waals surface area (Å²) >= 11 is 0. The average Bonchev–Trinajstić information content (AvgIpc) is 3.53. The van der Waals surface area contributed by atoms with Gasteiger partial charge in [0.15, 0.2) is 11.4 Å². The molecule has 0 aliphatic heterocycles. The zero-order chi connectivity index (χ0) is 35.3. The number of likely N-dealkylation sites (N-methyl/N-ethyl adjacent to an activating group) is 1. The molecule has 0 bridgehead atoms. The second kappa shape index (κ2) is 14.6. The van der Waals surface area contributed by atoms with Crippen molar-refractivity contribution in [1.29, 1.82) is 0 Å². The molecule has 50 heavy (non-hydrogen) atoms. The summed E-state index contributed by atoms with van der Waals surface area (Å²) in [5.74, 6) is -0.185. The van der Waals surface area contributed by atoms with Gasteiger partial charge in [-0.25, -0.2) is 27.3 Å². The van der Waals surface area contributed by atoms with Crippen molar-refractivity contribution >= 4 is 44.4 Å². The number of fused-ring (bicyclic) bond motifs is 1. The first-order valence-corrected chi connectivity index (χ1v) is 17.2. The van der Waals surface area contributed by atoms with Gasteiger partial charge in [-0.1, -0.05) is 48.5 Å². The highest BCUT2D eigenvalue weighted by molar-refractivity contribution is 7.90. The molecule has 3 aromatic heterocycles. The number of ketones is 1. The van der Waals surface area contributed by atoms with Gasteiger partial charge in [0.2, 0.25) is 11.9 Å². The fraction of sp³-hybridized carbons (Fsp3) is 0.132. The normalized spacial score (nSPS) is 11.7. The highest BCUT2D eigenvalue weighted by atomic mass is 32.2. The van der Waals surface area contributed by atoms with E-state index in [1.165, 1.54) is 16.2 Å². The maximum Gasteiger partial charge on any atom is 0.269 e. The summed E-state index contributed by atoms with van der Waals surface area (Å²) in [4.78, 5) is 40.7. The van der Waals surface area contributed by atoms with Crippen molar-refractivity contribution in [2.45, 2.75) is 17.7 Å². The quantitative estimate of drug-likeness (QED) is 0.128. The van der Waals surface area contributed by atoms with E-state index in [9.17, 15) is 18.0 Å². The molecule has 6 aromatic rings. The first kappa shape index (κ1) is 33.9. The van der Waals surface area contributed by atoms with E-state index in [1.54, 1.807) is 72.9 Å². The van der Waals surface area contributed by atoms with E-state index >= 15 is 0 Å². The van der Waals surface area contributed by atoms with Crippen LogP contribution in [-0.2, 0) is 27.7 Å². The molecular weight excluding hydrogens is 651 g/mol. The third-order valence-electron chi connectivity index (χ3n) is 7.84. The van der Waals surface area contributed by atoms with Gasteiger partial charge in [-0.2, -0.15) is 0 Å². The Bertz CT molecular complexity index is 2320. The Morgan fingerprint density at radius 3 is 2.42 bits per heavy atom. The van der Waals surface area contributed by atoms with Crippen molar-refractivity contribution in [2.75, 3.05) is 31.7 Å². The van der Waals surface area contributed by atoms with E-state index in [4.69, 9.17) is 5.73 Å². The van der Waals surface area contributed by atoms with Crippen molar-refractivity contribution < 1.29 is 18.0 Å². The van der Waals surface area contributed by atoms with Gasteiger partial charge in [-0.05, 0) is 79.8 Å². The molecule has 0 unspecified atom stereocenters. The van der Waals surface area contributed by atoms with Gasteiger partial charge in [0.05, 0.1) is 16.3 Å². The molecule has 11 nitrogen and oxygen atoms in total. The molecule has 0 radical (unpaired) electrons. The number of aromatic nitrogens is 4. The molecule has 252 valence electrons.